The van der Waals surface area contributed by atoms with Crippen molar-refractivity contribution in [2.24, 2.45) is 11.1 Å². The van der Waals surface area contributed by atoms with Gasteiger partial charge in [0.1, 0.15) is 0 Å². The molecule has 4 N–H and O–H groups in total. The summed E-state index contributed by atoms with van der Waals surface area (Å²) in [6, 6.07) is 2.74. The number of aromatic amines is 1. The van der Waals surface area contributed by atoms with Gasteiger partial charge in [-0.05, 0) is 17.9 Å². The number of rotatable bonds is 4. The fraction of sp³-hybridized carbons (Fsp3) is 0.538. The Kier molecular flexibility index (Phi) is 4.67. The van der Waals surface area contributed by atoms with Gasteiger partial charge in [0, 0.05) is 30.4 Å². The Labute approximate surface area is 107 Å². The third kappa shape index (κ3) is 5.14. The quantitative estimate of drug-likeness (QED) is 0.742. The molecule has 0 fully saturated rings. The minimum atomic E-state index is -0.290. The van der Waals surface area contributed by atoms with Crippen LogP contribution in [0.5, 0.6) is 0 Å². The van der Waals surface area contributed by atoms with E-state index in [1.165, 1.54) is 12.3 Å². The summed E-state index contributed by atoms with van der Waals surface area (Å²) in [5, 5.41) is 2.73. The number of hydrogen-bond donors (Lipinski definition) is 3. The molecule has 0 aromatic carbocycles. The van der Waals surface area contributed by atoms with Gasteiger partial charge in [0.25, 0.3) is 5.91 Å². The smallest absolute Gasteiger partial charge is 0.251 e. The van der Waals surface area contributed by atoms with Crippen LogP contribution in [0.2, 0.25) is 0 Å². The Hall–Kier alpha value is -1.62. The Morgan fingerprint density at radius 1 is 1.50 bits per heavy atom. The van der Waals surface area contributed by atoms with E-state index in [4.69, 9.17) is 5.73 Å². The minimum absolute atomic E-state index is 0.0871. The van der Waals surface area contributed by atoms with E-state index in [1.807, 2.05) is 0 Å². The number of carbonyl (C=O) groups excluding carboxylic acids is 1. The Morgan fingerprint density at radius 2 is 2.17 bits per heavy atom. The zero-order chi connectivity index (χ0) is 13.8. The molecule has 0 radical (unpaired) electrons. The van der Waals surface area contributed by atoms with Crippen LogP contribution >= 0.6 is 0 Å². The van der Waals surface area contributed by atoms with Crippen molar-refractivity contribution < 1.29 is 4.79 Å². The van der Waals surface area contributed by atoms with Crippen LogP contribution < -0.4 is 16.6 Å². The average Bonchev–Trinajstić information content (AvgIpc) is 2.23. The van der Waals surface area contributed by atoms with Crippen molar-refractivity contribution in [2.75, 3.05) is 6.54 Å². The molecule has 1 amide bonds. The molecule has 1 rings (SSSR count). The molecule has 5 nitrogen and oxygen atoms in total. The van der Waals surface area contributed by atoms with Crippen LogP contribution in [0.25, 0.3) is 0 Å². The largest absolute Gasteiger partial charge is 0.350 e. The van der Waals surface area contributed by atoms with Crippen molar-refractivity contribution in [3.63, 3.8) is 0 Å². The summed E-state index contributed by atoms with van der Waals surface area (Å²) in [7, 11) is 0. The van der Waals surface area contributed by atoms with Crippen molar-refractivity contribution in [2.45, 2.75) is 33.2 Å². The molecular weight excluding hydrogens is 230 g/mol. The van der Waals surface area contributed by atoms with Crippen LogP contribution in [0.1, 0.15) is 37.6 Å². The van der Waals surface area contributed by atoms with Crippen molar-refractivity contribution in [1.29, 1.82) is 0 Å². The molecule has 0 aliphatic rings. The van der Waals surface area contributed by atoms with E-state index in [9.17, 15) is 9.59 Å². The SMILES string of the molecule is CC(C)(C)CC(N)CNC(=O)c1cc[nH]c(=O)c1. The topological polar surface area (TPSA) is 88.0 Å². The summed E-state index contributed by atoms with van der Waals surface area (Å²) in [5.41, 5.74) is 6.13. The summed E-state index contributed by atoms with van der Waals surface area (Å²) in [5.74, 6) is -0.273. The molecule has 1 unspecified atom stereocenters. The van der Waals surface area contributed by atoms with Crippen LogP contribution in [-0.4, -0.2) is 23.5 Å². The highest BCUT2D eigenvalue weighted by atomic mass is 16.2. The first-order valence-corrected chi connectivity index (χ1v) is 6.00. The summed E-state index contributed by atoms with van der Waals surface area (Å²) in [4.78, 5) is 25.3. The molecule has 1 aromatic rings. The van der Waals surface area contributed by atoms with Gasteiger partial charge < -0.3 is 16.0 Å². The Morgan fingerprint density at radius 3 is 2.72 bits per heavy atom. The highest BCUT2D eigenvalue weighted by Crippen LogP contribution is 2.19. The second kappa shape index (κ2) is 5.82. The van der Waals surface area contributed by atoms with Gasteiger partial charge in [0.2, 0.25) is 5.56 Å². The molecule has 18 heavy (non-hydrogen) atoms. The van der Waals surface area contributed by atoms with Gasteiger partial charge in [-0.15, -0.1) is 0 Å². The molecule has 0 aliphatic heterocycles. The lowest BCUT2D eigenvalue weighted by atomic mass is 9.88. The second-order valence-electron chi connectivity index (χ2n) is 5.68. The van der Waals surface area contributed by atoms with Gasteiger partial charge in [-0.25, -0.2) is 0 Å². The van der Waals surface area contributed by atoms with E-state index in [0.29, 0.717) is 12.1 Å². The normalized spacial score (nSPS) is 13.1. The predicted octanol–water partition coefficient (Wildman–Crippen LogP) is 0.868. The lowest BCUT2D eigenvalue weighted by molar-refractivity contribution is 0.0948. The van der Waals surface area contributed by atoms with E-state index in [-0.39, 0.29) is 22.9 Å². The van der Waals surface area contributed by atoms with Crippen molar-refractivity contribution in [3.8, 4) is 0 Å². The van der Waals surface area contributed by atoms with E-state index in [0.717, 1.165) is 6.42 Å². The maximum absolute atomic E-state index is 11.7. The van der Waals surface area contributed by atoms with E-state index in [1.54, 1.807) is 6.07 Å². The summed E-state index contributed by atoms with van der Waals surface area (Å²) in [6.45, 7) is 6.71. The summed E-state index contributed by atoms with van der Waals surface area (Å²) < 4.78 is 0. The summed E-state index contributed by atoms with van der Waals surface area (Å²) >= 11 is 0. The van der Waals surface area contributed by atoms with Crippen molar-refractivity contribution >= 4 is 5.91 Å². The molecule has 0 bridgehead atoms. The van der Waals surface area contributed by atoms with Crippen molar-refractivity contribution in [3.05, 3.63) is 34.2 Å². The number of hydrogen-bond acceptors (Lipinski definition) is 3. The monoisotopic (exact) mass is 251 g/mol. The number of nitrogens with two attached hydrogens (primary N) is 1. The second-order valence-corrected chi connectivity index (χ2v) is 5.68. The van der Waals surface area contributed by atoms with E-state index in [2.05, 4.69) is 31.1 Å². The molecule has 5 heteroatoms. The van der Waals surface area contributed by atoms with Crippen LogP contribution in [0.4, 0.5) is 0 Å². The molecule has 0 saturated carbocycles. The van der Waals surface area contributed by atoms with Gasteiger partial charge >= 0.3 is 0 Å². The van der Waals surface area contributed by atoms with Gasteiger partial charge in [0.15, 0.2) is 0 Å². The number of nitrogens with one attached hydrogen (secondary N) is 2. The summed E-state index contributed by atoms with van der Waals surface area (Å²) in [6.07, 6.45) is 2.27. The number of aromatic nitrogens is 1. The molecule has 0 spiro atoms. The first-order chi connectivity index (χ1) is 8.28. The number of carbonyl (C=O) groups is 1. The fourth-order valence-corrected chi connectivity index (χ4v) is 1.77. The molecule has 1 aromatic heterocycles. The maximum Gasteiger partial charge on any atom is 0.251 e. The molecule has 0 saturated heterocycles. The van der Waals surface area contributed by atoms with Crippen LogP contribution in [0.15, 0.2) is 23.1 Å². The fourth-order valence-electron chi connectivity index (χ4n) is 1.77. The lowest BCUT2D eigenvalue weighted by Gasteiger charge is -2.23. The third-order valence-electron chi connectivity index (χ3n) is 2.44. The Bertz CT molecular complexity index is 460. The first-order valence-electron chi connectivity index (χ1n) is 6.00. The predicted molar refractivity (Wildman–Crippen MR) is 71.4 cm³/mol. The number of amides is 1. The maximum atomic E-state index is 11.7. The highest BCUT2D eigenvalue weighted by molar-refractivity contribution is 5.93. The third-order valence-corrected chi connectivity index (χ3v) is 2.44. The molecule has 1 heterocycles. The average molecular weight is 251 g/mol. The Balaban J connectivity index is 2.49. The molecule has 0 aliphatic carbocycles. The zero-order valence-corrected chi connectivity index (χ0v) is 11.1. The molecular formula is C13H21N3O2. The van der Waals surface area contributed by atoms with Gasteiger partial charge in [-0.3, -0.25) is 9.59 Å². The van der Waals surface area contributed by atoms with Gasteiger partial charge in [-0.2, -0.15) is 0 Å². The van der Waals surface area contributed by atoms with Crippen LogP contribution in [-0.2, 0) is 0 Å². The minimum Gasteiger partial charge on any atom is -0.350 e. The van der Waals surface area contributed by atoms with E-state index >= 15 is 0 Å². The first kappa shape index (κ1) is 14.4. The highest BCUT2D eigenvalue weighted by Gasteiger charge is 2.16. The van der Waals surface area contributed by atoms with Gasteiger partial charge in [-0.1, -0.05) is 20.8 Å². The zero-order valence-electron chi connectivity index (χ0n) is 11.1. The number of pyridine rings is 1. The standard InChI is InChI=1S/C13H21N3O2/c1-13(2,3)7-10(14)8-16-12(18)9-4-5-15-11(17)6-9/h4-6,10H,7-8,14H2,1-3H3,(H,15,17)(H,16,18). The van der Waals surface area contributed by atoms with E-state index < -0.39 is 0 Å². The van der Waals surface area contributed by atoms with Crippen molar-refractivity contribution in [1.82, 2.24) is 10.3 Å². The number of H-pyrrole nitrogens is 1. The molecule has 100 valence electrons. The van der Waals surface area contributed by atoms with Gasteiger partial charge in [0.05, 0.1) is 0 Å². The lowest BCUT2D eigenvalue weighted by Crippen LogP contribution is -2.39. The van der Waals surface area contributed by atoms with Crippen LogP contribution in [0.3, 0.4) is 0 Å². The van der Waals surface area contributed by atoms with Crippen LogP contribution in [0, 0.1) is 5.41 Å². The molecule has 1 atom stereocenters.